The zero-order valence-electron chi connectivity index (χ0n) is 15.9. The number of halogens is 1. The maximum Gasteiger partial charge on any atom is 0.0366 e. The second-order valence-electron chi connectivity index (χ2n) is 7.62. The normalized spacial score (nSPS) is 22.4. The minimum atomic E-state index is -0.657. The smallest absolute Gasteiger partial charge is 0.0301 e. The van der Waals surface area contributed by atoms with Crippen molar-refractivity contribution in [3.05, 3.63) is 54.1 Å². The van der Waals surface area contributed by atoms with Gasteiger partial charge in [-0.15, -0.1) is 0 Å². The molecular weight excluding hydrogens is 414 g/mol. The van der Waals surface area contributed by atoms with Crippen LogP contribution in [0.2, 0.25) is 0 Å². The van der Waals surface area contributed by atoms with Crippen LogP contribution in [0.4, 0.5) is 10.2 Å². The Morgan fingerprint density at radius 1 is 1.28 bits per heavy atom. The van der Waals surface area contributed by atoms with Gasteiger partial charge in [0, 0.05) is 32.2 Å². The number of fused-ring (bicyclic) bond motifs is 1. The summed E-state index contributed by atoms with van der Waals surface area (Å²) in [6, 6.07) is 4.52. The first kappa shape index (κ1) is 18.7. The Balaban J connectivity index is 1.27. The van der Waals surface area contributed by atoms with Crippen molar-refractivity contribution in [2.75, 3.05) is 31.1 Å². The van der Waals surface area contributed by atoms with E-state index in [2.05, 4.69) is 41.3 Å². The molecule has 5 rings (SSSR count). The summed E-state index contributed by atoms with van der Waals surface area (Å²) in [6.45, 7) is 3.98. The van der Waals surface area contributed by atoms with Crippen molar-refractivity contribution < 1.29 is 19.4 Å². The number of anilines is 1. The van der Waals surface area contributed by atoms with Crippen LogP contribution in [0.25, 0.3) is 11.3 Å². The van der Waals surface area contributed by atoms with Crippen LogP contribution in [0.15, 0.2) is 36.7 Å². The number of alkyl halides is 1. The summed E-state index contributed by atoms with van der Waals surface area (Å²) in [7, 11) is 0. The molecule has 1 unspecified atom stereocenters. The molecule has 0 aliphatic carbocycles. The number of aromatic nitrogens is 3. The van der Waals surface area contributed by atoms with E-state index in [1.807, 2.05) is 41.4 Å². The molecule has 2 saturated heterocycles. The average molecular weight is 436 g/mol. The molecule has 0 amide bonds. The summed E-state index contributed by atoms with van der Waals surface area (Å²) < 4.78 is 15.3. The molecule has 1 atom stereocenters. The van der Waals surface area contributed by atoms with Crippen molar-refractivity contribution in [1.29, 1.82) is 0 Å². The molecule has 6 nitrogen and oxygen atoms in total. The van der Waals surface area contributed by atoms with Crippen molar-refractivity contribution in [2.24, 2.45) is 0 Å². The third-order valence-corrected chi connectivity index (χ3v) is 5.92. The standard InChI is InChI=1S/C21H22FN6.Ni/c1-2-3-15-8-23-9-16-11-28(25-21(15)16)18-4-5-20(24-10-18)27-13-19(14-27)26-7-6-17(22)12-26;/h1-5,10-11,17,19,23H,6-7,9,12-14H2;/q-1;/b3-2-;. The average Bonchev–Trinajstić information content (AvgIpc) is 3.32. The number of likely N-dealkylation sites (tertiary alicyclic amines) is 1. The molecule has 3 aliphatic heterocycles. The van der Waals surface area contributed by atoms with E-state index in [-0.39, 0.29) is 0 Å². The molecule has 0 bridgehead atoms. The molecule has 154 valence electrons. The number of pyridine rings is 1. The first-order chi connectivity index (χ1) is 14.2. The predicted octanol–water partition coefficient (Wildman–Crippen LogP) is 1.65. The second-order valence-corrected chi connectivity index (χ2v) is 7.95. The van der Waals surface area contributed by atoms with E-state index < -0.39 is 6.17 Å². The fourth-order valence-corrected chi connectivity index (χ4v) is 4.18. The summed E-state index contributed by atoms with van der Waals surface area (Å²) in [4.78, 5) is 10.7. The van der Waals surface area contributed by atoms with Crippen LogP contribution in [0, 0.1) is 6.20 Å². The van der Waals surface area contributed by atoms with E-state index in [0.717, 1.165) is 48.0 Å². The van der Waals surface area contributed by atoms with Crippen LogP contribution in [0.5, 0.6) is 0 Å². The number of nitrogens with zero attached hydrogens (tertiary/aromatic N) is 5. The summed E-state index contributed by atoms with van der Waals surface area (Å²) in [6.07, 6.45) is 10.8. The maximum atomic E-state index is 13.4. The van der Waals surface area contributed by atoms with Gasteiger partial charge in [-0.1, -0.05) is 0 Å². The van der Waals surface area contributed by atoms with Crippen molar-refractivity contribution in [3.63, 3.8) is 0 Å². The van der Waals surface area contributed by atoms with Gasteiger partial charge in [-0.2, -0.15) is 0 Å². The van der Waals surface area contributed by atoms with Crippen molar-refractivity contribution in [2.45, 2.75) is 25.2 Å². The largest absolute Gasteiger partial charge is 0.0366 e. The summed E-state index contributed by atoms with van der Waals surface area (Å²) in [5, 5.41) is 7.87. The molecule has 1 N–H and O–H groups in total. The van der Waals surface area contributed by atoms with Crippen molar-refractivity contribution in [3.8, 4) is 5.69 Å². The Morgan fingerprint density at radius 2 is 2.17 bits per heavy atom. The van der Waals surface area contributed by atoms with Gasteiger partial charge in [0.05, 0.1) is 0 Å². The van der Waals surface area contributed by atoms with Crippen LogP contribution in [-0.2, 0) is 21.6 Å². The zero-order valence-corrected chi connectivity index (χ0v) is 16.9. The monoisotopic (exact) mass is 435 g/mol. The molecule has 2 aromatic heterocycles. The molecule has 5 heterocycles. The van der Waals surface area contributed by atoms with E-state index in [9.17, 15) is 4.39 Å². The SMILES string of the molecule is FC1CCN(C2CN(c3ccc(-n4cc5c(n4)C(/C=C\[CH]=[Ni])=[C-]NC5)cn3)C2)C1. The van der Waals surface area contributed by atoms with Gasteiger partial charge in [0.25, 0.3) is 0 Å². The Hall–Kier alpha value is -2.31. The van der Waals surface area contributed by atoms with Crippen molar-refractivity contribution in [1.82, 2.24) is 25.0 Å². The van der Waals surface area contributed by atoms with E-state index in [1.54, 1.807) is 4.99 Å². The number of hydrogen-bond acceptors (Lipinski definition) is 5. The van der Waals surface area contributed by atoms with Gasteiger partial charge in [0.1, 0.15) is 6.17 Å². The molecular formula is C21H22FN6Ni-. The number of nitrogens with one attached hydrogen (secondary N) is 1. The molecule has 8 heteroatoms. The molecule has 29 heavy (non-hydrogen) atoms. The van der Waals surface area contributed by atoms with Crippen LogP contribution < -0.4 is 10.2 Å². The zero-order chi connectivity index (χ0) is 19.8. The van der Waals surface area contributed by atoms with Crippen LogP contribution in [-0.4, -0.2) is 63.1 Å². The molecule has 2 aromatic rings. The maximum absolute atomic E-state index is 13.4. The van der Waals surface area contributed by atoms with Crippen LogP contribution in [0.3, 0.4) is 0 Å². The topological polar surface area (TPSA) is 49.2 Å². The van der Waals surface area contributed by atoms with E-state index in [4.69, 9.17) is 5.10 Å². The summed E-state index contributed by atoms with van der Waals surface area (Å²) >= 11 is 4.57. The summed E-state index contributed by atoms with van der Waals surface area (Å²) in [5.41, 5.74) is 3.84. The van der Waals surface area contributed by atoms with Gasteiger partial charge in [-0.05, 0) is 6.42 Å². The van der Waals surface area contributed by atoms with Crippen LogP contribution in [0.1, 0.15) is 17.7 Å². The number of rotatable bonds is 5. The van der Waals surface area contributed by atoms with Gasteiger partial charge in [0.2, 0.25) is 0 Å². The van der Waals surface area contributed by atoms with Gasteiger partial charge in [0.15, 0.2) is 0 Å². The first-order valence-electron chi connectivity index (χ1n) is 9.82. The molecule has 0 radical (unpaired) electrons. The number of hydrogen-bond donors (Lipinski definition) is 1. The molecule has 0 saturated carbocycles. The predicted molar refractivity (Wildman–Crippen MR) is 107 cm³/mol. The fraction of sp³-hybridized carbons (Fsp3) is 0.381. The minimum Gasteiger partial charge on any atom is 0.0301 e. The Kier molecular flexibility index (Phi) is 5.06. The molecule has 3 aliphatic rings. The Labute approximate surface area is 177 Å². The first-order valence-corrected chi connectivity index (χ1v) is 10.4. The minimum absolute atomic E-state index is 0.449. The molecule has 0 aromatic carbocycles. The van der Waals surface area contributed by atoms with Crippen LogP contribution >= 0.6 is 0 Å². The molecule has 2 fully saturated rings. The van der Waals surface area contributed by atoms with Gasteiger partial charge < -0.3 is 0 Å². The fourth-order valence-electron chi connectivity index (χ4n) is 4.09. The van der Waals surface area contributed by atoms with Gasteiger partial charge in [-0.3, -0.25) is 4.90 Å². The van der Waals surface area contributed by atoms with Gasteiger partial charge >= 0.3 is 123 Å². The van der Waals surface area contributed by atoms with E-state index in [0.29, 0.717) is 25.6 Å². The Morgan fingerprint density at radius 3 is 2.90 bits per heavy atom. The van der Waals surface area contributed by atoms with Crippen molar-refractivity contribution >= 4 is 16.4 Å². The Bertz CT molecular complexity index is 960. The molecule has 0 spiro atoms. The van der Waals surface area contributed by atoms with Gasteiger partial charge in [-0.25, -0.2) is 4.39 Å². The van der Waals surface area contributed by atoms with E-state index >= 15 is 0 Å². The third kappa shape index (κ3) is 3.67. The summed E-state index contributed by atoms with van der Waals surface area (Å²) in [5.74, 6) is 0.957. The van der Waals surface area contributed by atoms with E-state index in [1.165, 1.54) is 0 Å². The third-order valence-electron chi connectivity index (χ3n) is 5.73. The quantitative estimate of drug-likeness (QED) is 0.571. The number of allylic oxidation sites excluding steroid dienone is 3. The second kappa shape index (κ2) is 7.84.